The second-order valence-corrected chi connectivity index (χ2v) is 7.72. The quantitative estimate of drug-likeness (QED) is 0.514. The summed E-state index contributed by atoms with van der Waals surface area (Å²) in [5, 5.41) is 3.92. The van der Waals surface area contributed by atoms with E-state index in [-0.39, 0.29) is 17.6 Å². The Balaban J connectivity index is 2.04. The van der Waals surface area contributed by atoms with Crippen molar-refractivity contribution < 1.29 is 9.59 Å². The first-order chi connectivity index (χ1) is 12.3. The summed E-state index contributed by atoms with van der Waals surface area (Å²) in [4.78, 5) is 24.8. The Hall–Kier alpha value is -2.10. The highest BCUT2D eigenvalue weighted by molar-refractivity contribution is 6.37. The van der Waals surface area contributed by atoms with Gasteiger partial charge in [-0.05, 0) is 60.4 Å². The minimum Gasteiger partial charge on any atom is -0.321 e. The number of ketones is 1. The molecule has 0 spiro atoms. The van der Waals surface area contributed by atoms with Gasteiger partial charge in [0, 0.05) is 38.9 Å². The maximum Gasteiger partial charge on any atom is 0.256 e. The molecule has 26 heavy (non-hydrogen) atoms. The molecule has 1 heterocycles. The van der Waals surface area contributed by atoms with Crippen LogP contribution in [0.25, 0.3) is 11.6 Å². The molecule has 134 valence electrons. The molecule has 0 aliphatic carbocycles. The Kier molecular flexibility index (Phi) is 5.22. The molecule has 1 amide bonds. The van der Waals surface area contributed by atoms with E-state index >= 15 is 0 Å². The van der Waals surface area contributed by atoms with Crippen molar-refractivity contribution in [3.05, 3.63) is 62.6 Å². The fourth-order valence-electron chi connectivity index (χ4n) is 2.91. The number of carbonyl (C=O) groups excluding carboxylic acids is 2. The zero-order valence-electron chi connectivity index (χ0n) is 14.8. The third kappa shape index (κ3) is 3.69. The molecule has 1 aliphatic rings. The molecule has 0 saturated heterocycles. The Morgan fingerprint density at radius 1 is 1.15 bits per heavy atom. The predicted molar refractivity (Wildman–Crippen MR) is 108 cm³/mol. The number of nitrogens with one attached hydrogen (secondary N) is 1. The number of Topliss-reactive ketones (excluding diaryl/α,β-unsaturated/α-hetero) is 1. The molecular formula is C21H19Cl2NO2. The standard InChI is InChI=1S/C21H19Cl2NO2/c1-11(2)6-20(25)14-4-5-19-15(10-14)16(21(26)24-19)7-13-8-17(22)12(3)18(23)9-13/h4-5,7-11H,6H2,1-3H3,(H,24,26). The summed E-state index contributed by atoms with van der Waals surface area (Å²) in [5.74, 6) is 0.145. The van der Waals surface area contributed by atoms with Crippen LogP contribution in [0.5, 0.6) is 0 Å². The Morgan fingerprint density at radius 3 is 2.42 bits per heavy atom. The molecule has 0 atom stereocenters. The molecule has 3 rings (SSSR count). The molecule has 3 nitrogen and oxygen atoms in total. The monoisotopic (exact) mass is 387 g/mol. The Labute approximate surface area is 163 Å². The fourth-order valence-corrected chi connectivity index (χ4v) is 3.41. The van der Waals surface area contributed by atoms with Crippen molar-refractivity contribution in [2.45, 2.75) is 27.2 Å². The van der Waals surface area contributed by atoms with Gasteiger partial charge >= 0.3 is 0 Å². The zero-order valence-corrected chi connectivity index (χ0v) is 16.3. The van der Waals surface area contributed by atoms with E-state index < -0.39 is 0 Å². The van der Waals surface area contributed by atoms with E-state index in [0.717, 1.165) is 16.7 Å². The molecule has 0 bridgehead atoms. The molecule has 0 aromatic heterocycles. The molecule has 0 unspecified atom stereocenters. The number of rotatable bonds is 4. The predicted octanol–water partition coefficient (Wildman–Crippen LogP) is 6.02. The number of amides is 1. The first kappa shape index (κ1) is 18.7. The van der Waals surface area contributed by atoms with Crippen LogP contribution < -0.4 is 5.32 Å². The van der Waals surface area contributed by atoms with E-state index in [0.29, 0.717) is 33.3 Å². The molecular weight excluding hydrogens is 369 g/mol. The van der Waals surface area contributed by atoms with Gasteiger partial charge in [-0.2, -0.15) is 0 Å². The van der Waals surface area contributed by atoms with Crippen LogP contribution in [0.3, 0.4) is 0 Å². The van der Waals surface area contributed by atoms with E-state index in [4.69, 9.17) is 23.2 Å². The number of benzene rings is 2. The maximum absolute atomic E-state index is 12.4. The lowest BCUT2D eigenvalue weighted by atomic mass is 9.96. The Morgan fingerprint density at radius 2 is 1.81 bits per heavy atom. The van der Waals surface area contributed by atoms with E-state index in [2.05, 4.69) is 5.32 Å². The van der Waals surface area contributed by atoms with Gasteiger partial charge in [0.15, 0.2) is 5.78 Å². The van der Waals surface area contributed by atoms with E-state index in [9.17, 15) is 9.59 Å². The summed E-state index contributed by atoms with van der Waals surface area (Å²) < 4.78 is 0. The van der Waals surface area contributed by atoms with Gasteiger partial charge in [-0.3, -0.25) is 9.59 Å². The summed E-state index contributed by atoms with van der Waals surface area (Å²) in [6.07, 6.45) is 2.22. The van der Waals surface area contributed by atoms with Gasteiger partial charge in [0.05, 0.1) is 0 Å². The van der Waals surface area contributed by atoms with Crippen LogP contribution in [0.2, 0.25) is 10.0 Å². The summed E-state index contributed by atoms with van der Waals surface area (Å²) in [7, 11) is 0. The van der Waals surface area contributed by atoms with Gasteiger partial charge in [0.2, 0.25) is 0 Å². The molecule has 1 aliphatic heterocycles. The van der Waals surface area contributed by atoms with Gasteiger partial charge in [-0.25, -0.2) is 0 Å². The first-order valence-corrected chi connectivity index (χ1v) is 9.18. The van der Waals surface area contributed by atoms with Crippen molar-refractivity contribution >= 4 is 52.2 Å². The minimum atomic E-state index is -0.207. The lowest BCUT2D eigenvalue weighted by Gasteiger charge is -2.07. The third-order valence-corrected chi connectivity index (χ3v) is 5.12. The smallest absolute Gasteiger partial charge is 0.256 e. The van der Waals surface area contributed by atoms with Crippen molar-refractivity contribution in [2.24, 2.45) is 5.92 Å². The summed E-state index contributed by atoms with van der Waals surface area (Å²) >= 11 is 12.4. The van der Waals surface area contributed by atoms with Gasteiger partial charge in [-0.15, -0.1) is 0 Å². The maximum atomic E-state index is 12.4. The van der Waals surface area contributed by atoms with Crippen LogP contribution in [0.1, 0.15) is 47.3 Å². The van der Waals surface area contributed by atoms with Crippen molar-refractivity contribution in [2.75, 3.05) is 5.32 Å². The second-order valence-electron chi connectivity index (χ2n) is 6.90. The number of hydrogen-bond donors (Lipinski definition) is 1. The van der Waals surface area contributed by atoms with E-state index in [1.165, 1.54) is 0 Å². The second kappa shape index (κ2) is 7.26. The van der Waals surface area contributed by atoms with Gasteiger partial charge in [0.1, 0.15) is 0 Å². The number of carbonyl (C=O) groups is 2. The van der Waals surface area contributed by atoms with Gasteiger partial charge < -0.3 is 5.32 Å². The third-order valence-electron chi connectivity index (χ3n) is 4.33. The van der Waals surface area contributed by atoms with E-state index in [1.807, 2.05) is 20.8 Å². The van der Waals surface area contributed by atoms with Crippen molar-refractivity contribution in [3.8, 4) is 0 Å². The highest BCUT2D eigenvalue weighted by Crippen LogP contribution is 2.35. The van der Waals surface area contributed by atoms with Crippen molar-refractivity contribution in [1.29, 1.82) is 0 Å². The lowest BCUT2D eigenvalue weighted by Crippen LogP contribution is -2.03. The van der Waals surface area contributed by atoms with Crippen molar-refractivity contribution in [3.63, 3.8) is 0 Å². The number of anilines is 1. The SMILES string of the molecule is Cc1c(Cl)cc(C=C2C(=O)Nc3ccc(C(=O)CC(C)C)cc32)cc1Cl. The molecule has 2 aromatic carbocycles. The normalized spacial score (nSPS) is 14.7. The topological polar surface area (TPSA) is 46.2 Å². The van der Waals surface area contributed by atoms with Crippen molar-refractivity contribution in [1.82, 2.24) is 0 Å². The molecule has 0 fully saturated rings. The minimum absolute atomic E-state index is 0.0722. The van der Waals surface area contributed by atoms with Gasteiger partial charge in [0.25, 0.3) is 5.91 Å². The first-order valence-electron chi connectivity index (χ1n) is 8.42. The van der Waals surface area contributed by atoms with E-state index in [1.54, 1.807) is 36.4 Å². The average molecular weight is 388 g/mol. The Bertz CT molecular complexity index is 922. The van der Waals surface area contributed by atoms with Crippen LogP contribution in [0.15, 0.2) is 30.3 Å². The number of halogens is 2. The zero-order chi connectivity index (χ0) is 19.0. The number of fused-ring (bicyclic) bond motifs is 1. The molecule has 5 heteroatoms. The highest BCUT2D eigenvalue weighted by Gasteiger charge is 2.25. The highest BCUT2D eigenvalue weighted by atomic mass is 35.5. The summed E-state index contributed by atoms with van der Waals surface area (Å²) in [6.45, 7) is 5.85. The van der Waals surface area contributed by atoms with Crippen LogP contribution in [0, 0.1) is 12.8 Å². The molecule has 1 N–H and O–H groups in total. The number of hydrogen-bond acceptors (Lipinski definition) is 2. The average Bonchev–Trinajstić information content (AvgIpc) is 2.87. The van der Waals surface area contributed by atoms with Crippen LogP contribution in [0.4, 0.5) is 5.69 Å². The summed E-state index contributed by atoms with van der Waals surface area (Å²) in [6, 6.07) is 8.86. The molecule has 2 aromatic rings. The van der Waals surface area contributed by atoms with Crippen LogP contribution >= 0.6 is 23.2 Å². The van der Waals surface area contributed by atoms with Crippen LogP contribution in [-0.4, -0.2) is 11.7 Å². The molecule has 0 saturated carbocycles. The lowest BCUT2D eigenvalue weighted by molar-refractivity contribution is -0.110. The summed E-state index contributed by atoms with van der Waals surface area (Å²) in [5.41, 5.74) is 4.06. The molecule has 0 radical (unpaired) electrons. The largest absolute Gasteiger partial charge is 0.321 e. The van der Waals surface area contributed by atoms with Gasteiger partial charge in [-0.1, -0.05) is 37.0 Å². The fraction of sp³-hybridized carbons (Fsp3) is 0.238. The van der Waals surface area contributed by atoms with Crippen LogP contribution in [-0.2, 0) is 4.79 Å².